The lowest BCUT2D eigenvalue weighted by Gasteiger charge is -2.13. The van der Waals surface area contributed by atoms with Crippen LogP contribution in [0.25, 0.3) is 11.4 Å². The number of carbonyl (C=O) groups is 1. The summed E-state index contributed by atoms with van der Waals surface area (Å²) in [5.74, 6) is -1.12. The summed E-state index contributed by atoms with van der Waals surface area (Å²) in [5, 5.41) is 3.90. The molecule has 158 valence electrons. The van der Waals surface area contributed by atoms with Crippen molar-refractivity contribution in [1.29, 1.82) is 0 Å². The monoisotopic (exact) mass is 459 g/mol. The molecule has 0 amide bonds. The van der Waals surface area contributed by atoms with E-state index in [-0.39, 0.29) is 22.3 Å². The second kappa shape index (κ2) is 8.16. The zero-order valence-corrected chi connectivity index (χ0v) is 17.1. The van der Waals surface area contributed by atoms with Crippen molar-refractivity contribution in [1.82, 2.24) is 14.3 Å². The van der Waals surface area contributed by atoms with E-state index in [2.05, 4.69) is 9.84 Å². The summed E-state index contributed by atoms with van der Waals surface area (Å²) in [6.45, 7) is 3.00. The van der Waals surface area contributed by atoms with Gasteiger partial charge in [0.2, 0.25) is 0 Å². The number of pyridine rings is 1. The minimum absolute atomic E-state index is 0.0268. The quantitative estimate of drug-likeness (QED) is 0.523. The Balaban J connectivity index is 2.08. The van der Waals surface area contributed by atoms with Crippen LogP contribution in [0.15, 0.2) is 41.5 Å². The number of ether oxygens (including phenoxy) is 1. The molecule has 0 saturated carbocycles. The fraction of sp³-hybridized carbons (Fsp3) is 0.211. The first kappa shape index (κ1) is 21.9. The molecule has 2 heterocycles. The Morgan fingerprint density at radius 2 is 1.77 bits per heavy atom. The minimum atomic E-state index is -4.85. The summed E-state index contributed by atoms with van der Waals surface area (Å²) >= 11 is 12.1. The molecular formula is C19H14Cl2F3N3O3. The van der Waals surface area contributed by atoms with E-state index in [0.29, 0.717) is 15.9 Å². The predicted molar refractivity (Wildman–Crippen MR) is 105 cm³/mol. The highest BCUT2D eigenvalue weighted by atomic mass is 35.5. The summed E-state index contributed by atoms with van der Waals surface area (Å²) in [5.41, 5.74) is -1.69. The van der Waals surface area contributed by atoms with Crippen molar-refractivity contribution in [2.24, 2.45) is 0 Å². The van der Waals surface area contributed by atoms with Gasteiger partial charge >= 0.3 is 12.1 Å². The third-order valence-electron chi connectivity index (χ3n) is 4.24. The number of benzene rings is 1. The molecule has 0 spiro atoms. The van der Waals surface area contributed by atoms with Crippen LogP contribution in [0, 0.1) is 6.92 Å². The van der Waals surface area contributed by atoms with Crippen molar-refractivity contribution in [2.75, 3.05) is 6.61 Å². The first-order chi connectivity index (χ1) is 14.1. The third kappa shape index (κ3) is 3.95. The highest BCUT2D eigenvalue weighted by Crippen LogP contribution is 2.34. The van der Waals surface area contributed by atoms with E-state index in [1.54, 1.807) is 6.92 Å². The maximum absolute atomic E-state index is 13.6. The van der Waals surface area contributed by atoms with Crippen LogP contribution in [-0.2, 0) is 10.9 Å². The molecule has 0 radical (unpaired) electrons. The topological polar surface area (TPSA) is 66.1 Å². The van der Waals surface area contributed by atoms with Gasteiger partial charge in [-0.05, 0) is 43.7 Å². The van der Waals surface area contributed by atoms with E-state index in [1.165, 1.54) is 42.0 Å². The summed E-state index contributed by atoms with van der Waals surface area (Å²) in [6, 6.07) is 5.45. The SMILES string of the molecule is CCOC(=O)c1cnn(-c2ccc(-n3cc(Cl)c(C)c(Cl)c3=O)cc2)c1C(F)(F)F. The first-order valence-corrected chi connectivity index (χ1v) is 9.32. The molecule has 0 bridgehead atoms. The minimum Gasteiger partial charge on any atom is -0.462 e. The second-order valence-electron chi connectivity index (χ2n) is 6.14. The summed E-state index contributed by atoms with van der Waals surface area (Å²) in [6.07, 6.45) is -2.68. The second-order valence-corrected chi connectivity index (χ2v) is 6.93. The molecule has 0 unspecified atom stereocenters. The third-order valence-corrected chi connectivity index (χ3v) is 5.07. The number of rotatable bonds is 4. The van der Waals surface area contributed by atoms with Crippen LogP contribution >= 0.6 is 23.2 Å². The van der Waals surface area contributed by atoms with Gasteiger partial charge in [-0.15, -0.1) is 0 Å². The van der Waals surface area contributed by atoms with Crippen molar-refractivity contribution in [3.05, 3.63) is 73.9 Å². The van der Waals surface area contributed by atoms with Crippen LogP contribution in [0.2, 0.25) is 10.0 Å². The normalized spacial score (nSPS) is 11.6. The molecule has 0 fully saturated rings. The lowest BCUT2D eigenvalue weighted by Crippen LogP contribution is -2.20. The van der Waals surface area contributed by atoms with Gasteiger partial charge in [-0.25, -0.2) is 9.48 Å². The Morgan fingerprint density at radius 1 is 1.17 bits per heavy atom. The molecule has 3 rings (SSSR count). The molecule has 11 heteroatoms. The Bertz CT molecular complexity index is 1170. The number of alkyl halides is 3. The number of hydrogen-bond donors (Lipinski definition) is 0. The van der Waals surface area contributed by atoms with Crippen molar-refractivity contribution in [2.45, 2.75) is 20.0 Å². The molecule has 0 aliphatic heterocycles. The fourth-order valence-corrected chi connectivity index (χ4v) is 3.19. The standard InChI is InChI=1S/C19H14Cl2F3N3O3/c1-3-30-18(29)13-8-25-27(16(13)19(22,23)24)12-6-4-11(5-7-12)26-9-14(20)10(2)15(21)17(26)28/h4-9H,3H2,1-2H3. The van der Waals surface area contributed by atoms with Crippen LogP contribution in [-0.4, -0.2) is 26.9 Å². The Morgan fingerprint density at radius 3 is 2.33 bits per heavy atom. The Labute approximate surface area is 178 Å². The zero-order valence-electron chi connectivity index (χ0n) is 15.6. The zero-order chi connectivity index (χ0) is 22.2. The van der Waals surface area contributed by atoms with E-state index in [1.807, 2.05) is 0 Å². The average molecular weight is 460 g/mol. The number of carbonyl (C=O) groups excluding carboxylic acids is 1. The van der Waals surface area contributed by atoms with Gasteiger partial charge in [-0.1, -0.05) is 23.2 Å². The molecule has 0 saturated heterocycles. The summed E-state index contributed by atoms with van der Waals surface area (Å²) < 4.78 is 47.3. The lowest BCUT2D eigenvalue weighted by atomic mass is 10.2. The van der Waals surface area contributed by atoms with Gasteiger partial charge in [-0.2, -0.15) is 18.3 Å². The number of esters is 1. The van der Waals surface area contributed by atoms with Gasteiger partial charge in [0.15, 0.2) is 5.69 Å². The van der Waals surface area contributed by atoms with Gasteiger partial charge < -0.3 is 4.74 Å². The Kier molecular flexibility index (Phi) is 5.96. The van der Waals surface area contributed by atoms with Crippen molar-refractivity contribution in [3.63, 3.8) is 0 Å². The lowest BCUT2D eigenvalue weighted by molar-refractivity contribution is -0.143. The number of halogens is 5. The van der Waals surface area contributed by atoms with E-state index in [4.69, 9.17) is 23.2 Å². The van der Waals surface area contributed by atoms with E-state index >= 15 is 0 Å². The number of hydrogen-bond acceptors (Lipinski definition) is 4. The van der Waals surface area contributed by atoms with Crippen LogP contribution in [0.5, 0.6) is 0 Å². The van der Waals surface area contributed by atoms with Gasteiger partial charge in [0.1, 0.15) is 10.6 Å². The molecule has 30 heavy (non-hydrogen) atoms. The van der Waals surface area contributed by atoms with Crippen LogP contribution in [0.1, 0.15) is 28.5 Å². The smallest absolute Gasteiger partial charge is 0.434 e. The van der Waals surface area contributed by atoms with Crippen LogP contribution in [0.3, 0.4) is 0 Å². The average Bonchev–Trinajstić information content (AvgIpc) is 3.15. The van der Waals surface area contributed by atoms with Gasteiger partial charge in [0, 0.05) is 11.9 Å². The number of nitrogens with zero attached hydrogens (tertiary/aromatic N) is 3. The van der Waals surface area contributed by atoms with Crippen molar-refractivity contribution in [3.8, 4) is 11.4 Å². The van der Waals surface area contributed by atoms with E-state index < -0.39 is 29.0 Å². The van der Waals surface area contributed by atoms with Crippen molar-refractivity contribution >= 4 is 29.2 Å². The number of aromatic nitrogens is 3. The maximum Gasteiger partial charge on any atom is 0.434 e. The molecule has 3 aromatic rings. The molecule has 0 aliphatic carbocycles. The Hall–Kier alpha value is -2.78. The highest BCUT2D eigenvalue weighted by molar-refractivity contribution is 6.35. The van der Waals surface area contributed by atoms with Crippen LogP contribution < -0.4 is 5.56 Å². The molecule has 1 aromatic carbocycles. The maximum atomic E-state index is 13.6. The van der Waals surface area contributed by atoms with Gasteiger partial charge in [0.05, 0.1) is 23.5 Å². The fourth-order valence-electron chi connectivity index (χ4n) is 2.76. The summed E-state index contributed by atoms with van der Waals surface area (Å²) in [4.78, 5) is 24.3. The van der Waals surface area contributed by atoms with Crippen molar-refractivity contribution < 1.29 is 22.7 Å². The molecular weight excluding hydrogens is 446 g/mol. The first-order valence-electron chi connectivity index (χ1n) is 8.56. The van der Waals surface area contributed by atoms with E-state index in [9.17, 15) is 22.8 Å². The molecule has 0 atom stereocenters. The highest BCUT2D eigenvalue weighted by Gasteiger charge is 2.41. The van der Waals surface area contributed by atoms with E-state index in [0.717, 1.165) is 6.20 Å². The molecule has 0 aliphatic rings. The largest absolute Gasteiger partial charge is 0.462 e. The van der Waals surface area contributed by atoms with Gasteiger partial charge in [-0.3, -0.25) is 9.36 Å². The van der Waals surface area contributed by atoms with Crippen LogP contribution in [0.4, 0.5) is 13.2 Å². The summed E-state index contributed by atoms with van der Waals surface area (Å²) in [7, 11) is 0. The molecule has 6 nitrogen and oxygen atoms in total. The molecule has 2 aromatic heterocycles. The molecule has 0 N–H and O–H groups in total. The van der Waals surface area contributed by atoms with Gasteiger partial charge in [0.25, 0.3) is 5.56 Å². The predicted octanol–water partition coefficient (Wildman–Crippen LogP) is 4.83.